The molecule has 5 rings (SSSR count). The van der Waals surface area contributed by atoms with Gasteiger partial charge in [0.25, 0.3) is 0 Å². The number of nitrogens with zero attached hydrogens (tertiary/aromatic N) is 5. The highest BCUT2D eigenvalue weighted by atomic mass is 32.2. The Morgan fingerprint density at radius 1 is 1.11 bits per heavy atom. The Morgan fingerprint density at radius 2 is 2.07 bits per heavy atom. The lowest BCUT2D eigenvalue weighted by Crippen LogP contribution is -2.36. The highest BCUT2D eigenvalue weighted by molar-refractivity contribution is 8.14. The van der Waals surface area contributed by atoms with Crippen LogP contribution < -0.4 is 0 Å². The number of pyridine rings is 2. The SMILES string of the molecule is CC[C@@H]1CSC2=N[C@@H](c3ccccn3)[C@@H](c3cccn3Cc3cccnc3)N21. The minimum Gasteiger partial charge on any atom is -0.345 e. The van der Waals surface area contributed by atoms with Crippen molar-refractivity contribution >= 4 is 16.9 Å². The summed E-state index contributed by atoms with van der Waals surface area (Å²) < 4.78 is 2.34. The normalized spacial score (nSPS) is 23.7. The fourth-order valence-corrected chi connectivity index (χ4v) is 5.54. The first-order valence-electron chi connectivity index (χ1n) is 9.79. The van der Waals surface area contributed by atoms with Crippen molar-refractivity contribution in [2.24, 2.45) is 4.99 Å². The van der Waals surface area contributed by atoms with Crippen molar-refractivity contribution in [2.45, 2.75) is 38.0 Å². The number of hydrogen-bond acceptors (Lipinski definition) is 5. The fraction of sp³-hybridized carbons (Fsp3) is 0.318. The quantitative estimate of drug-likeness (QED) is 0.652. The van der Waals surface area contributed by atoms with Crippen LogP contribution in [-0.2, 0) is 6.54 Å². The van der Waals surface area contributed by atoms with Crippen LogP contribution >= 0.6 is 11.8 Å². The summed E-state index contributed by atoms with van der Waals surface area (Å²) in [7, 11) is 0. The minimum absolute atomic E-state index is 0.0283. The Labute approximate surface area is 169 Å². The van der Waals surface area contributed by atoms with Crippen molar-refractivity contribution < 1.29 is 0 Å². The van der Waals surface area contributed by atoms with E-state index in [1.807, 2.05) is 42.5 Å². The Kier molecular flexibility index (Phi) is 4.64. The van der Waals surface area contributed by atoms with Gasteiger partial charge in [-0.25, -0.2) is 0 Å². The predicted molar refractivity (Wildman–Crippen MR) is 113 cm³/mol. The van der Waals surface area contributed by atoms with E-state index in [9.17, 15) is 0 Å². The zero-order chi connectivity index (χ0) is 18.9. The molecule has 0 N–H and O–H groups in total. The lowest BCUT2D eigenvalue weighted by Gasteiger charge is -2.32. The minimum atomic E-state index is 0.0283. The summed E-state index contributed by atoms with van der Waals surface area (Å²) in [4.78, 5) is 16.6. The molecule has 0 radical (unpaired) electrons. The van der Waals surface area contributed by atoms with E-state index in [-0.39, 0.29) is 12.1 Å². The van der Waals surface area contributed by atoms with Gasteiger partial charge in [0.1, 0.15) is 6.04 Å². The number of amidine groups is 1. The van der Waals surface area contributed by atoms with E-state index in [0.29, 0.717) is 6.04 Å². The van der Waals surface area contributed by atoms with Gasteiger partial charge in [0, 0.05) is 48.8 Å². The molecule has 1 fully saturated rings. The third-order valence-electron chi connectivity index (χ3n) is 5.57. The Bertz CT molecular complexity index is 969. The van der Waals surface area contributed by atoms with Crippen LogP contribution in [0.2, 0.25) is 0 Å². The molecule has 1 saturated heterocycles. The van der Waals surface area contributed by atoms with Crippen LogP contribution in [-0.4, -0.2) is 36.4 Å². The molecule has 3 atom stereocenters. The van der Waals surface area contributed by atoms with Crippen molar-refractivity contribution in [2.75, 3.05) is 5.75 Å². The van der Waals surface area contributed by atoms with E-state index in [1.165, 1.54) is 16.4 Å². The average Bonchev–Trinajstić information content (AvgIpc) is 3.44. The van der Waals surface area contributed by atoms with Crippen molar-refractivity contribution in [1.29, 1.82) is 0 Å². The summed E-state index contributed by atoms with van der Waals surface area (Å²) in [6.45, 7) is 3.09. The van der Waals surface area contributed by atoms with Crippen LogP contribution in [0.5, 0.6) is 0 Å². The summed E-state index contributed by atoms with van der Waals surface area (Å²) in [5, 5.41) is 1.17. The van der Waals surface area contributed by atoms with Gasteiger partial charge in [0.05, 0.1) is 11.7 Å². The zero-order valence-electron chi connectivity index (χ0n) is 15.8. The second-order valence-electron chi connectivity index (χ2n) is 7.26. The molecule has 0 unspecified atom stereocenters. The van der Waals surface area contributed by atoms with Crippen molar-refractivity contribution in [3.05, 3.63) is 84.2 Å². The molecule has 28 heavy (non-hydrogen) atoms. The molecular formula is C22H23N5S. The molecule has 0 bridgehead atoms. The lowest BCUT2D eigenvalue weighted by atomic mass is 9.99. The smallest absolute Gasteiger partial charge is 0.160 e. The Morgan fingerprint density at radius 3 is 2.86 bits per heavy atom. The highest BCUT2D eigenvalue weighted by Gasteiger charge is 2.46. The fourth-order valence-electron chi connectivity index (χ4n) is 4.20. The molecule has 3 aromatic heterocycles. The van der Waals surface area contributed by atoms with Gasteiger partial charge < -0.3 is 9.47 Å². The van der Waals surface area contributed by atoms with Crippen molar-refractivity contribution in [3.63, 3.8) is 0 Å². The number of fused-ring (bicyclic) bond motifs is 1. The summed E-state index contributed by atoms with van der Waals surface area (Å²) >= 11 is 1.88. The number of hydrogen-bond donors (Lipinski definition) is 0. The van der Waals surface area contributed by atoms with Crippen LogP contribution in [0, 0.1) is 0 Å². The maximum absolute atomic E-state index is 5.12. The maximum Gasteiger partial charge on any atom is 0.160 e. The van der Waals surface area contributed by atoms with Crippen molar-refractivity contribution in [1.82, 2.24) is 19.4 Å². The number of rotatable bonds is 5. The average molecular weight is 390 g/mol. The Balaban J connectivity index is 1.55. The van der Waals surface area contributed by atoms with Crippen LogP contribution in [0.3, 0.4) is 0 Å². The van der Waals surface area contributed by atoms with E-state index in [2.05, 4.69) is 62.9 Å². The van der Waals surface area contributed by atoms with Gasteiger partial charge in [-0.1, -0.05) is 30.8 Å². The van der Waals surface area contributed by atoms with Crippen LogP contribution in [0.4, 0.5) is 0 Å². The van der Waals surface area contributed by atoms with Gasteiger partial charge >= 0.3 is 0 Å². The molecule has 0 amide bonds. The third kappa shape index (κ3) is 3.02. The first-order valence-corrected chi connectivity index (χ1v) is 10.8. The summed E-state index contributed by atoms with van der Waals surface area (Å²) in [5.41, 5.74) is 3.54. The maximum atomic E-state index is 5.12. The molecule has 5 heterocycles. The molecule has 2 aliphatic rings. The van der Waals surface area contributed by atoms with Crippen molar-refractivity contribution in [3.8, 4) is 0 Å². The van der Waals surface area contributed by atoms with E-state index in [4.69, 9.17) is 4.99 Å². The summed E-state index contributed by atoms with van der Waals surface area (Å²) in [6, 6.07) is 15.4. The highest BCUT2D eigenvalue weighted by Crippen LogP contribution is 2.48. The molecule has 3 aromatic rings. The number of aliphatic imine (C=N–C) groups is 1. The van der Waals surface area contributed by atoms with Gasteiger partial charge in [-0.15, -0.1) is 0 Å². The van der Waals surface area contributed by atoms with E-state index in [1.54, 1.807) is 0 Å². The number of aromatic nitrogens is 3. The lowest BCUT2D eigenvalue weighted by molar-refractivity contribution is 0.246. The number of thioether (sulfide) groups is 1. The first kappa shape index (κ1) is 17.5. The topological polar surface area (TPSA) is 46.3 Å². The predicted octanol–water partition coefficient (Wildman–Crippen LogP) is 4.31. The second-order valence-corrected chi connectivity index (χ2v) is 8.25. The summed E-state index contributed by atoms with van der Waals surface area (Å²) in [6.07, 6.45) is 8.93. The monoisotopic (exact) mass is 389 g/mol. The van der Waals surface area contributed by atoms with E-state index >= 15 is 0 Å². The van der Waals surface area contributed by atoms with Crippen LogP contribution in [0.1, 0.15) is 42.4 Å². The van der Waals surface area contributed by atoms with E-state index < -0.39 is 0 Å². The molecule has 5 nitrogen and oxygen atoms in total. The van der Waals surface area contributed by atoms with Gasteiger partial charge in [0.2, 0.25) is 0 Å². The van der Waals surface area contributed by atoms with Gasteiger partial charge in [-0.3, -0.25) is 15.0 Å². The molecule has 0 spiro atoms. The van der Waals surface area contributed by atoms with Gasteiger partial charge in [0.15, 0.2) is 5.17 Å². The molecule has 142 valence electrons. The molecule has 2 aliphatic heterocycles. The van der Waals surface area contributed by atoms with Crippen LogP contribution in [0.25, 0.3) is 0 Å². The van der Waals surface area contributed by atoms with Gasteiger partial charge in [-0.2, -0.15) is 0 Å². The van der Waals surface area contributed by atoms with E-state index in [0.717, 1.165) is 24.4 Å². The molecule has 6 heteroatoms. The largest absolute Gasteiger partial charge is 0.345 e. The molecular weight excluding hydrogens is 366 g/mol. The zero-order valence-corrected chi connectivity index (χ0v) is 16.7. The standard InChI is InChI=1S/C22H23N5S/c1-2-17-15-28-22-25-20(18-8-3-4-11-24-18)21(27(17)22)19-9-6-12-26(19)14-16-7-5-10-23-13-16/h3-13,17,20-21H,2,14-15H2,1H3/t17-,20+,21-/m1/s1. The Hall–Kier alpha value is -2.60. The third-order valence-corrected chi connectivity index (χ3v) is 6.70. The molecule has 0 aromatic carbocycles. The molecule has 0 aliphatic carbocycles. The van der Waals surface area contributed by atoms with Gasteiger partial charge in [-0.05, 0) is 42.3 Å². The first-order chi connectivity index (χ1) is 13.8. The summed E-state index contributed by atoms with van der Waals surface area (Å²) in [5.74, 6) is 1.12. The van der Waals surface area contributed by atoms with Crippen LogP contribution in [0.15, 0.2) is 72.2 Å². The second kappa shape index (κ2) is 7.43. The molecule has 0 saturated carbocycles.